The van der Waals surface area contributed by atoms with Gasteiger partial charge in [-0.3, -0.25) is 9.59 Å². The van der Waals surface area contributed by atoms with Gasteiger partial charge in [-0.25, -0.2) is 0 Å². The van der Waals surface area contributed by atoms with Crippen molar-refractivity contribution < 1.29 is 9.59 Å². The van der Waals surface area contributed by atoms with Crippen LogP contribution in [0.25, 0.3) is 0 Å². The number of carbonyl (C=O) groups excluding carboxylic acids is 2. The average Bonchev–Trinajstić information content (AvgIpc) is 2.62. The largest absolute Gasteiger partial charge is 0.355 e. The van der Waals surface area contributed by atoms with E-state index in [0.717, 1.165) is 12.8 Å². The summed E-state index contributed by atoms with van der Waals surface area (Å²) in [4.78, 5) is 25.0. The number of carbonyl (C=O) groups is 2. The molecule has 0 saturated carbocycles. The van der Waals surface area contributed by atoms with Crippen molar-refractivity contribution in [3.63, 3.8) is 0 Å². The first-order valence-electron chi connectivity index (χ1n) is 8.40. The van der Waals surface area contributed by atoms with Gasteiger partial charge in [-0.15, -0.1) is 0 Å². The fourth-order valence-electron chi connectivity index (χ4n) is 2.35. The van der Waals surface area contributed by atoms with E-state index < -0.39 is 11.3 Å². The molecule has 2 aromatic carbocycles. The Labute approximate surface area is 163 Å². The number of hydrogen-bond donors (Lipinski definition) is 2. The molecule has 0 aliphatic rings. The highest BCUT2D eigenvalue weighted by Crippen LogP contribution is 2.31. The number of amides is 2. The number of rotatable bonds is 7. The average molecular weight is 393 g/mol. The molecule has 0 heterocycles. The van der Waals surface area contributed by atoms with Gasteiger partial charge in [0.05, 0.1) is 15.7 Å². The van der Waals surface area contributed by atoms with Crippen LogP contribution < -0.4 is 10.6 Å². The van der Waals surface area contributed by atoms with E-state index in [4.69, 9.17) is 23.2 Å². The fraction of sp³-hybridized carbons (Fsp3) is 0.300. The van der Waals surface area contributed by atoms with Crippen molar-refractivity contribution in [2.24, 2.45) is 5.41 Å². The number of anilines is 1. The van der Waals surface area contributed by atoms with Gasteiger partial charge in [0, 0.05) is 6.54 Å². The highest BCUT2D eigenvalue weighted by molar-refractivity contribution is 6.40. The lowest BCUT2D eigenvalue weighted by Gasteiger charge is -2.23. The zero-order valence-corrected chi connectivity index (χ0v) is 16.3. The van der Waals surface area contributed by atoms with E-state index in [1.807, 2.05) is 30.3 Å². The van der Waals surface area contributed by atoms with Gasteiger partial charge in [-0.2, -0.15) is 0 Å². The maximum Gasteiger partial charge on any atom is 0.239 e. The molecule has 0 fully saturated rings. The predicted molar refractivity (Wildman–Crippen MR) is 107 cm³/mol. The molecule has 0 atom stereocenters. The lowest BCUT2D eigenvalue weighted by atomic mass is 9.91. The van der Waals surface area contributed by atoms with Crippen LogP contribution in [0.1, 0.15) is 25.8 Å². The monoisotopic (exact) mass is 392 g/mol. The topological polar surface area (TPSA) is 58.2 Å². The Bertz CT molecular complexity index is 756. The summed E-state index contributed by atoms with van der Waals surface area (Å²) in [5.41, 5.74) is 0.271. The molecule has 0 aliphatic carbocycles. The third-order valence-corrected chi connectivity index (χ3v) is 4.74. The minimum atomic E-state index is -1.25. The lowest BCUT2D eigenvalue weighted by molar-refractivity contribution is -0.138. The third kappa shape index (κ3) is 5.23. The molecule has 0 unspecified atom stereocenters. The highest BCUT2D eigenvalue weighted by Gasteiger charge is 2.36. The second kappa shape index (κ2) is 9.06. The van der Waals surface area contributed by atoms with Crippen LogP contribution in [0.3, 0.4) is 0 Å². The Morgan fingerprint density at radius 3 is 2.15 bits per heavy atom. The molecule has 0 radical (unpaired) electrons. The quantitative estimate of drug-likeness (QED) is 0.529. The van der Waals surface area contributed by atoms with Crippen LogP contribution in [0.2, 0.25) is 10.0 Å². The number of benzene rings is 2. The molecule has 26 heavy (non-hydrogen) atoms. The van der Waals surface area contributed by atoms with E-state index in [-0.39, 0.29) is 5.91 Å². The van der Waals surface area contributed by atoms with Crippen molar-refractivity contribution in [2.45, 2.75) is 26.7 Å². The van der Waals surface area contributed by atoms with Gasteiger partial charge in [0.1, 0.15) is 5.41 Å². The van der Waals surface area contributed by atoms with Crippen LogP contribution in [-0.2, 0) is 16.0 Å². The first-order valence-corrected chi connectivity index (χ1v) is 9.15. The Morgan fingerprint density at radius 1 is 0.923 bits per heavy atom. The molecule has 6 heteroatoms. The minimum Gasteiger partial charge on any atom is -0.355 e. The third-order valence-electron chi connectivity index (χ3n) is 4.11. The van der Waals surface area contributed by atoms with Crippen molar-refractivity contribution in [1.82, 2.24) is 5.32 Å². The number of aryl methyl sites for hydroxylation is 1. The van der Waals surface area contributed by atoms with Gasteiger partial charge in [0.2, 0.25) is 11.8 Å². The number of para-hydroxylation sites is 1. The molecule has 2 amide bonds. The normalized spacial score (nSPS) is 11.1. The molecule has 4 nitrogen and oxygen atoms in total. The molecule has 0 aliphatic heterocycles. The van der Waals surface area contributed by atoms with Crippen LogP contribution in [-0.4, -0.2) is 18.4 Å². The van der Waals surface area contributed by atoms with Crippen LogP contribution >= 0.6 is 23.2 Å². The van der Waals surface area contributed by atoms with Gasteiger partial charge < -0.3 is 10.6 Å². The van der Waals surface area contributed by atoms with E-state index in [2.05, 4.69) is 10.6 Å². The molecule has 0 aromatic heterocycles. The predicted octanol–water partition coefficient (Wildman–Crippen LogP) is 4.71. The molecule has 2 aromatic rings. The molecule has 0 bridgehead atoms. The summed E-state index contributed by atoms with van der Waals surface area (Å²) in [6, 6.07) is 15.0. The summed E-state index contributed by atoms with van der Waals surface area (Å²) in [6.45, 7) is 3.64. The first kappa shape index (κ1) is 20.3. The summed E-state index contributed by atoms with van der Waals surface area (Å²) in [5, 5.41) is 6.12. The zero-order chi connectivity index (χ0) is 19.2. The second-order valence-corrected chi connectivity index (χ2v) is 7.34. The Kier molecular flexibility index (Phi) is 7.06. The van der Waals surface area contributed by atoms with E-state index >= 15 is 0 Å². The van der Waals surface area contributed by atoms with Gasteiger partial charge >= 0.3 is 0 Å². The van der Waals surface area contributed by atoms with Gasteiger partial charge in [0.25, 0.3) is 0 Å². The second-order valence-electron chi connectivity index (χ2n) is 6.52. The molecular formula is C20H22Cl2N2O2. The summed E-state index contributed by atoms with van der Waals surface area (Å²) in [7, 11) is 0. The standard InChI is InChI=1S/C20H22Cl2N2O2/c1-20(2,19(26)24-17-15(21)11-6-12-16(17)22)18(25)23-13-7-10-14-8-4-3-5-9-14/h3-6,8-9,11-12H,7,10,13H2,1-2H3,(H,23,25)(H,24,26). The van der Waals surface area contributed by atoms with Gasteiger partial charge in [-0.05, 0) is 44.4 Å². The Balaban J connectivity index is 1.89. The first-order chi connectivity index (χ1) is 12.3. The summed E-state index contributed by atoms with van der Waals surface area (Å²) >= 11 is 12.1. The zero-order valence-electron chi connectivity index (χ0n) is 14.8. The van der Waals surface area contributed by atoms with Crippen LogP contribution in [0.5, 0.6) is 0 Å². The van der Waals surface area contributed by atoms with Crippen LogP contribution in [0, 0.1) is 5.41 Å². The molecular weight excluding hydrogens is 371 g/mol. The molecule has 2 rings (SSSR count). The van der Waals surface area contributed by atoms with Crippen molar-refractivity contribution in [2.75, 3.05) is 11.9 Å². The van der Waals surface area contributed by atoms with E-state index in [0.29, 0.717) is 22.3 Å². The van der Waals surface area contributed by atoms with Crippen molar-refractivity contribution in [3.8, 4) is 0 Å². The maximum atomic E-state index is 12.5. The smallest absolute Gasteiger partial charge is 0.239 e. The molecule has 0 saturated heterocycles. The summed E-state index contributed by atoms with van der Waals surface area (Å²) in [6.07, 6.45) is 1.66. The fourth-order valence-corrected chi connectivity index (χ4v) is 2.84. The molecule has 138 valence electrons. The van der Waals surface area contributed by atoms with Gasteiger partial charge in [-0.1, -0.05) is 59.6 Å². The van der Waals surface area contributed by atoms with Crippen LogP contribution in [0.15, 0.2) is 48.5 Å². The lowest BCUT2D eigenvalue weighted by Crippen LogP contribution is -2.45. The van der Waals surface area contributed by atoms with E-state index in [9.17, 15) is 9.59 Å². The molecule has 0 spiro atoms. The van der Waals surface area contributed by atoms with Crippen LogP contribution in [0.4, 0.5) is 5.69 Å². The Hall–Kier alpha value is -2.04. The number of nitrogens with one attached hydrogen (secondary N) is 2. The molecule has 2 N–H and O–H groups in total. The Morgan fingerprint density at radius 2 is 1.54 bits per heavy atom. The minimum absolute atomic E-state index is 0.311. The van der Waals surface area contributed by atoms with E-state index in [1.54, 1.807) is 32.0 Å². The number of halogens is 2. The number of hydrogen-bond acceptors (Lipinski definition) is 2. The van der Waals surface area contributed by atoms with Gasteiger partial charge in [0.15, 0.2) is 0 Å². The van der Waals surface area contributed by atoms with Crippen molar-refractivity contribution >= 4 is 40.7 Å². The highest BCUT2D eigenvalue weighted by atomic mass is 35.5. The van der Waals surface area contributed by atoms with E-state index in [1.165, 1.54) is 5.56 Å². The van der Waals surface area contributed by atoms with Crippen molar-refractivity contribution in [3.05, 3.63) is 64.1 Å². The SMILES string of the molecule is CC(C)(C(=O)NCCCc1ccccc1)C(=O)Nc1c(Cl)cccc1Cl. The summed E-state index contributed by atoms with van der Waals surface area (Å²) in [5.74, 6) is -0.806. The maximum absolute atomic E-state index is 12.5. The summed E-state index contributed by atoms with van der Waals surface area (Å²) < 4.78 is 0. The van der Waals surface area contributed by atoms with Crippen molar-refractivity contribution in [1.29, 1.82) is 0 Å².